The van der Waals surface area contributed by atoms with Crippen molar-refractivity contribution in [3.63, 3.8) is 0 Å². The zero-order valence-corrected chi connectivity index (χ0v) is 16.9. The minimum absolute atomic E-state index is 0.0548. The van der Waals surface area contributed by atoms with E-state index in [9.17, 15) is 13.2 Å². The zero-order valence-electron chi connectivity index (χ0n) is 16.1. The minimum Gasteiger partial charge on any atom is -0.456 e. The number of ether oxygens (including phenoxy) is 1. The van der Waals surface area contributed by atoms with Gasteiger partial charge in [-0.1, -0.05) is 78.4 Å². The van der Waals surface area contributed by atoms with E-state index < -0.39 is 22.1 Å². The van der Waals surface area contributed by atoms with Crippen LogP contribution in [0.2, 0.25) is 0 Å². The van der Waals surface area contributed by atoms with Crippen molar-refractivity contribution in [2.75, 3.05) is 6.54 Å². The Kier molecular flexibility index (Phi) is 6.80. The van der Waals surface area contributed by atoms with E-state index in [0.717, 1.165) is 16.7 Å². The first-order valence-electron chi connectivity index (χ1n) is 9.29. The molecular formula is C23H23NO4S. The van der Waals surface area contributed by atoms with Crippen molar-refractivity contribution in [3.05, 3.63) is 102 Å². The van der Waals surface area contributed by atoms with Crippen LogP contribution < -0.4 is 4.72 Å². The second-order valence-corrected chi connectivity index (χ2v) is 8.48. The van der Waals surface area contributed by atoms with E-state index in [2.05, 4.69) is 4.72 Å². The number of benzene rings is 3. The predicted octanol–water partition coefficient (Wildman–Crippen LogP) is 3.80. The number of esters is 1. The Morgan fingerprint density at radius 3 is 2.10 bits per heavy atom. The molecule has 0 aliphatic rings. The van der Waals surface area contributed by atoms with Crippen LogP contribution in [-0.2, 0) is 26.0 Å². The van der Waals surface area contributed by atoms with E-state index in [0.29, 0.717) is 0 Å². The summed E-state index contributed by atoms with van der Waals surface area (Å²) >= 11 is 0. The van der Waals surface area contributed by atoms with Crippen LogP contribution in [0.1, 0.15) is 22.8 Å². The number of nitrogens with one attached hydrogen (secondary N) is 1. The van der Waals surface area contributed by atoms with Crippen LogP contribution in [0.25, 0.3) is 0 Å². The van der Waals surface area contributed by atoms with E-state index in [1.54, 1.807) is 36.4 Å². The van der Waals surface area contributed by atoms with Crippen LogP contribution >= 0.6 is 0 Å². The molecule has 3 aromatic carbocycles. The highest BCUT2D eigenvalue weighted by atomic mass is 32.2. The Hall–Kier alpha value is -2.96. The average Bonchev–Trinajstić information content (AvgIpc) is 2.73. The summed E-state index contributed by atoms with van der Waals surface area (Å²) in [6.07, 6.45) is -0.609. The Bertz CT molecular complexity index is 1030. The summed E-state index contributed by atoms with van der Waals surface area (Å²) in [7, 11) is -3.72. The molecule has 5 nitrogen and oxygen atoms in total. The highest BCUT2D eigenvalue weighted by Gasteiger charge is 2.21. The first-order valence-corrected chi connectivity index (χ1v) is 10.8. The standard InChI is InChI=1S/C23H23NO4S/c1-18-12-14-21(15-13-18)29(26,27)24-17-22(20-10-6-3-7-11-20)28-23(25)16-19-8-4-2-5-9-19/h2-15,22,24H,16-17H2,1H3. The molecule has 1 unspecified atom stereocenters. The summed E-state index contributed by atoms with van der Waals surface area (Å²) < 4.78 is 33.4. The summed E-state index contributed by atoms with van der Waals surface area (Å²) in [6.45, 7) is 1.84. The fraction of sp³-hybridized carbons (Fsp3) is 0.174. The quantitative estimate of drug-likeness (QED) is 0.575. The minimum atomic E-state index is -3.72. The molecule has 150 valence electrons. The lowest BCUT2D eigenvalue weighted by Gasteiger charge is -2.19. The third-order valence-electron chi connectivity index (χ3n) is 4.43. The number of hydrogen-bond donors (Lipinski definition) is 1. The monoisotopic (exact) mass is 409 g/mol. The van der Waals surface area contributed by atoms with Crippen LogP contribution in [0.4, 0.5) is 0 Å². The van der Waals surface area contributed by atoms with Crippen LogP contribution in [-0.4, -0.2) is 20.9 Å². The Morgan fingerprint density at radius 2 is 1.48 bits per heavy atom. The molecule has 1 N–H and O–H groups in total. The van der Waals surface area contributed by atoms with Crippen molar-refractivity contribution in [2.45, 2.75) is 24.3 Å². The zero-order chi connectivity index (χ0) is 20.7. The summed E-state index contributed by atoms with van der Waals surface area (Å²) in [6, 6.07) is 25.0. The van der Waals surface area contributed by atoms with Gasteiger partial charge < -0.3 is 4.74 Å². The molecule has 0 amide bonds. The maximum atomic E-state index is 12.6. The number of carbonyl (C=O) groups excluding carboxylic acids is 1. The van der Waals surface area contributed by atoms with Gasteiger partial charge in [-0.05, 0) is 30.2 Å². The Labute approximate surface area is 171 Å². The number of rotatable bonds is 8. The molecule has 0 aromatic heterocycles. The lowest BCUT2D eigenvalue weighted by Crippen LogP contribution is -2.31. The van der Waals surface area contributed by atoms with E-state index in [1.807, 2.05) is 55.5 Å². The third-order valence-corrected chi connectivity index (χ3v) is 5.87. The molecule has 0 radical (unpaired) electrons. The topological polar surface area (TPSA) is 72.5 Å². The van der Waals surface area contributed by atoms with Crippen molar-refractivity contribution in [3.8, 4) is 0 Å². The molecule has 0 saturated heterocycles. The fourth-order valence-electron chi connectivity index (χ4n) is 2.84. The van der Waals surface area contributed by atoms with E-state index in [4.69, 9.17) is 4.74 Å². The second-order valence-electron chi connectivity index (χ2n) is 6.72. The highest BCUT2D eigenvalue weighted by Crippen LogP contribution is 2.19. The number of sulfonamides is 1. The summed E-state index contributed by atoms with van der Waals surface area (Å²) in [4.78, 5) is 12.6. The van der Waals surface area contributed by atoms with Gasteiger partial charge in [0.05, 0.1) is 17.9 Å². The number of carbonyl (C=O) groups is 1. The van der Waals surface area contributed by atoms with Gasteiger partial charge in [0, 0.05) is 0 Å². The molecule has 0 heterocycles. The van der Waals surface area contributed by atoms with Crippen molar-refractivity contribution >= 4 is 16.0 Å². The maximum Gasteiger partial charge on any atom is 0.310 e. The molecule has 0 bridgehead atoms. The molecule has 3 aromatic rings. The van der Waals surface area contributed by atoms with Gasteiger partial charge in [0.25, 0.3) is 0 Å². The molecule has 3 rings (SSSR count). The van der Waals surface area contributed by atoms with Gasteiger partial charge in [-0.2, -0.15) is 0 Å². The first-order chi connectivity index (χ1) is 13.9. The molecule has 0 fully saturated rings. The fourth-order valence-corrected chi connectivity index (χ4v) is 3.88. The van der Waals surface area contributed by atoms with Gasteiger partial charge in [-0.3, -0.25) is 4.79 Å². The van der Waals surface area contributed by atoms with Crippen LogP contribution in [0, 0.1) is 6.92 Å². The first kappa shape index (κ1) is 20.8. The lowest BCUT2D eigenvalue weighted by molar-refractivity contribution is -0.148. The summed E-state index contributed by atoms with van der Waals surface area (Å²) in [5, 5.41) is 0. The largest absolute Gasteiger partial charge is 0.456 e. The molecule has 1 atom stereocenters. The smallest absolute Gasteiger partial charge is 0.310 e. The van der Waals surface area contributed by atoms with Gasteiger partial charge in [0.2, 0.25) is 10.0 Å². The second kappa shape index (κ2) is 9.49. The number of hydrogen-bond acceptors (Lipinski definition) is 4. The maximum absolute atomic E-state index is 12.6. The summed E-state index contributed by atoms with van der Waals surface area (Å²) in [5.41, 5.74) is 2.53. The van der Waals surface area contributed by atoms with Crippen molar-refractivity contribution in [1.82, 2.24) is 4.72 Å². The number of aryl methyl sites for hydroxylation is 1. The molecule has 6 heteroatoms. The van der Waals surface area contributed by atoms with Crippen LogP contribution in [0.5, 0.6) is 0 Å². The average molecular weight is 410 g/mol. The Balaban J connectivity index is 1.72. The molecule has 0 saturated carbocycles. The van der Waals surface area contributed by atoms with Gasteiger partial charge in [0.15, 0.2) is 0 Å². The third kappa shape index (κ3) is 6.01. The van der Waals surface area contributed by atoms with Crippen LogP contribution in [0.15, 0.2) is 89.8 Å². The van der Waals surface area contributed by atoms with Crippen molar-refractivity contribution in [2.24, 2.45) is 0 Å². The van der Waals surface area contributed by atoms with E-state index >= 15 is 0 Å². The van der Waals surface area contributed by atoms with Crippen molar-refractivity contribution in [1.29, 1.82) is 0 Å². The Morgan fingerprint density at radius 1 is 0.897 bits per heavy atom. The van der Waals surface area contributed by atoms with Gasteiger partial charge in [0.1, 0.15) is 6.10 Å². The van der Waals surface area contributed by atoms with E-state index in [1.165, 1.54) is 0 Å². The molecule has 0 aliphatic heterocycles. The SMILES string of the molecule is Cc1ccc(S(=O)(=O)NCC(OC(=O)Cc2ccccc2)c2ccccc2)cc1. The van der Waals surface area contributed by atoms with Crippen molar-refractivity contribution < 1.29 is 17.9 Å². The van der Waals surface area contributed by atoms with Gasteiger partial charge in [-0.15, -0.1) is 0 Å². The van der Waals surface area contributed by atoms with Gasteiger partial charge in [-0.25, -0.2) is 13.1 Å². The molecule has 0 spiro atoms. The van der Waals surface area contributed by atoms with Crippen LogP contribution in [0.3, 0.4) is 0 Å². The molecule has 29 heavy (non-hydrogen) atoms. The molecular weight excluding hydrogens is 386 g/mol. The predicted molar refractivity (Wildman–Crippen MR) is 112 cm³/mol. The van der Waals surface area contributed by atoms with Gasteiger partial charge >= 0.3 is 5.97 Å². The summed E-state index contributed by atoms with van der Waals surface area (Å²) in [5.74, 6) is -0.417. The normalized spacial score (nSPS) is 12.3. The molecule has 0 aliphatic carbocycles. The van der Waals surface area contributed by atoms with E-state index in [-0.39, 0.29) is 17.9 Å². The highest BCUT2D eigenvalue weighted by molar-refractivity contribution is 7.89. The lowest BCUT2D eigenvalue weighted by atomic mass is 10.1.